The smallest absolute Gasteiger partial charge is 0.251 e. The Morgan fingerprint density at radius 2 is 2.08 bits per heavy atom. The van der Waals surface area contributed by atoms with E-state index >= 15 is 0 Å². The zero-order chi connectivity index (χ0) is 18.5. The number of nitrogens with zero attached hydrogens (tertiary/aromatic N) is 2. The van der Waals surface area contributed by atoms with Crippen molar-refractivity contribution in [2.45, 2.75) is 45.6 Å². The topological polar surface area (TPSA) is 72.7 Å². The zero-order valence-corrected chi connectivity index (χ0v) is 16.1. The highest BCUT2D eigenvalue weighted by Gasteiger charge is 2.21. The van der Waals surface area contributed by atoms with E-state index in [0.717, 1.165) is 41.6 Å². The van der Waals surface area contributed by atoms with Gasteiger partial charge in [-0.25, -0.2) is 0 Å². The Morgan fingerprint density at radius 1 is 1.31 bits per heavy atom. The SMILES string of the molecule is COCCn1c(=NC(=O)C2CCCCC2)sc2cc(NC(C)=O)ccc21. The van der Waals surface area contributed by atoms with Gasteiger partial charge >= 0.3 is 0 Å². The third kappa shape index (κ3) is 4.40. The predicted molar refractivity (Wildman–Crippen MR) is 103 cm³/mol. The molecule has 0 radical (unpaired) electrons. The van der Waals surface area contributed by atoms with Gasteiger partial charge < -0.3 is 14.6 Å². The molecular weight excluding hydrogens is 350 g/mol. The molecule has 1 aliphatic rings. The van der Waals surface area contributed by atoms with Crippen LogP contribution in [-0.2, 0) is 20.9 Å². The summed E-state index contributed by atoms with van der Waals surface area (Å²) < 4.78 is 8.23. The van der Waals surface area contributed by atoms with Crippen molar-refractivity contribution in [2.75, 3.05) is 19.0 Å². The predicted octanol–water partition coefficient (Wildman–Crippen LogP) is 3.32. The fourth-order valence-electron chi connectivity index (χ4n) is 3.37. The van der Waals surface area contributed by atoms with Crippen LogP contribution in [0.1, 0.15) is 39.0 Å². The summed E-state index contributed by atoms with van der Waals surface area (Å²) in [5.41, 5.74) is 1.74. The first-order chi connectivity index (χ1) is 12.6. The zero-order valence-electron chi connectivity index (χ0n) is 15.3. The minimum absolute atomic E-state index is 0.00972. The van der Waals surface area contributed by atoms with Crippen LogP contribution in [0.25, 0.3) is 10.2 Å². The minimum atomic E-state index is -0.106. The van der Waals surface area contributed by atoms with Crippen molar-refractivity contribution < 1.29 is 14.3 Å². The van der Waals surface area contributed by atoms with Crippen LogP contribution < -0.4 is 10.1 Å². The Kier molecular flexibility index (Phi) is 6.21. The van der Waals surface area contributed by atoms with Crippen molar-refractivity contribution in [1.82, 2.24) is 4.57 Å². The molecule has 2 aromatic rings. The van der Waals surface area contributed by atoms with Gasteiger partial charge in [0.25, 0.3) is 5.91 Å². The van der Waals surface area contributed by atoms with E-state index in [2.05, 4.69) is 10.3 Å². The van der Waals surface area contributed by atoms with Crippen LogP contribution in [-0.4, -0.2) is 30.1 Å². The fraction of sp³-hybridized carbons (Fsp3) is 0.526. The number of aromatic nitrogens is 1. The highest BCUT2D eigenvalue weighted by Crippen LogP contribution is 2.25. The van der Waals surface area contributed by atoms with Crippen LogP contribution in [0.4, 0.5) is 5.69 Å². The number of carbonyl (C=O) groups excluding carboxylic acids is 2. The van der Waals surface area contributed by atoms with Crippen molar-refractivity contribution in [3.8, 4) is 0 Å². The second kappa shape index (κ2) is 8.60. The maximum absolute atomic E-state index is 12.6. The number of methoxy groups -OCH3 is 1. The number of rotatable bonds is 5. The van der Waals surface area contributed by atoms with Crippen molar-refractivity contribution in [3.63, 3.8) is 0 Å². The molecule has 26 heavy (non-hydrogen) atoms. The first kappa shape index (κ1) is 18.8. The molecule has 140 valence electrons. The summed E-state index contributed by atoms with van der Waals surface area (Å²) >= 11 is 1.48. The molecule has 2 amide bonds. The van der Waals surface area contributed by atoms with Gasteiger partial charge in [-0.05, 0) is 31.0 Å². The quantitative estimate of drug-likeness (QED) is 0.871. The van der Waals surface area contributed by atoms with E-state index in [1.54, 1.807) is 7.11 Å². The van der Waals surface area contributed by atoms with Gasteiger partial charge in [0.15, 0.2) is 4.80 Å². The summed E-state index contributed by atoms with van der Waals surface area (Å²) in [6.07, 6.45) is 5.33. The summed E-state index contributed by atoms with van der Waals surface area (Å²) in [5, 5.41) is 2.80. The first-order valence-electron chi connectivity index (χ1n) is 9.07. The molecule has 0 spiro atoms. The Bertz CT molecular complexity index is 863. The molecule has 1 saturated carbocycles. The maximum atomic E-state index is 12.6. The molecular formula is C19H25N3O3S. The third-order valence-corrected chi connectivity index (χ3v) is 5.72. The van der Waals surface area contributed by atoms with E-state index in [1.807, 2.05) is 22.8 Å². The average Bonchev–Trinajstić information content (AvgIpc) is 2.96. The van der Waals surface area contributed by atoms with Gasteiger partial charge in [0, 0.05) is 32.2 Å². The van der Waals surface area contributed by atoms with Gasteiger partial charge in [-0.15, -0.1) is 0 Å². The van der Waals surface area contributed by atoms with Gasteiger partial charge in [0.05, 0.1) is 16.8 Å². The lowest BCUT2D eigenvalue weighted by Gasteiger charge is -2.17. The highest BCUT2D eigenvalue weighted by atomic mass is 32.1. The number of carbonyl (C=O) groups is 2. The van der Waals surface area contributed by atoms with Crippen molar-refractivity contribution in [2.24, 2.45) is 10.9 Å². The number of anilines is 1. The van der Waals surface area contributed by atoms with Crippen LogP contribution in [0.3, 0.4) is 0 Å². The van der Waals surface area contributed by atoms with Crippen LogP contribution >= 0.6 is 11.3 Å². The second-order valence-electron chi connectivity index (χ2n) is 6.68. The van der Waals surface area contributed by atoms with Crippen molar-refractivity contribution in [1.29, 1.82) is 0 Å². The van der Waals surface area contributed by atoms with Gasteiger partial charge in [-0.1, -0.05) is 30.6 Å². The lowest BCUT2D eigenvalue weighted by molar-refractivity contribution is -0.122. The number of benzene rings is 1. The summed E-state index contributed by atoms with van der Waals surface area (Å²) in [5.74, 6) is -0.0603. The normalized spacial score (nSPS) is 16.2. The molecule has 1 aromatic carbocycles. The fourth-order valence-corrected chi connectivity index (χ4v) is 4.47. The molecule has 0 unspecified atom stereocenters. The van der Waals surface area contributed by atoms with Crippen LogP contribution in [0.15, 0.2) is 23.2 Å². The lowest BCUT2D eigenvalue weighted by atomic mass is 9.89. The third-order valence-electron chi connectivity index (χ3n) is 4.68. The van der Waals surface area contributed by atoms with Gasteiger partial charge in [0.2, 0.25) is 5.91 Å². The molecule has 6 nitrogen and oxygen atoms in total. The van der Waals surface area contributed by atoms with Crippen molar-refractivity contribution >= 4 is 39.1 Å². The van der Waals surface area contributed by atoms with E-state index in [4.69, 9.17) is 4.74 Å². The van der Waals surface area contributed by atoms with Gasteiger partial charge in [-0.2, -0.15) is 4.99 Å². The molecule has 1 N–H and O–H groups in total. The summed E-state index contributed by atoms with van der Waals surface area (Å²) in [7, 11) is 1.66. The molecule has 0 atom stereocenters. The number of thiazole rings is 1. The molecule has 7 heteroatoms. The molecule has 1 heterocycles. The van der Waals surface area contributed by atoms with Gasteiger partial charge in [-0.3, -0.25) is 9.59 Å². The number of hydrogen-bond donors (Lipinski definition) is 1. The summed E-state index contributed by atoms with van der Waals surface area (Å²) in [4.78, 5) is 29.1. The largest absolute Gasteiger partial charge is 0.383 e. The Labute approximate surface area is 156 Å². The molecule has 1 aromatic heterocycles. The molecule has 1 fully saturated rings. The monoisotopic (exact) mass is 375 g/mol. The Balaban J connectivity index is 1.99. The first-order valence-corrected chi connectivity index (χ1v) is 9.88. The second-order valence-corrected chi connectivity index (χ2v) is 7.69. The molecule has 0 bridgehead atoms. The number of amides is 2. The summed E-state index contributed by atoms with van der Waals surface area (Å²) in [6.45, 7) is 2.66. The Hall–Kier alpha value is -1.99. The van der Waals surface area contributed by atoms with E-state index < -0.39 is 0 Å². The van der Waals surface area contributed by atoms with Gasteiger partial charge in [0.1, 0.15) is 0 Å². The van der Waals surface area contributed by atoms with Crippen LogP contribution in [0.2, 0.25) is 0 Å². The van der Waals surface area contributed by atoms with E-state index in [0.29, 0.717) is 18.0 Å². The average molecular weight is 375 g/mol. The van der Waals surface area contributed by atoms with Crippen molar-refractivity contribution in [3.05, 3.63) is 23.0 Å². The minimum Gasteiger partial charge on any atom is -0.383 e. The number of ether oxygens (including phenoxy) is 1. The molecule has 0 saturated heterocycles. The van der Waals surface area contributed by atoms with E-state index in [-0.39, 0.29) is 17.7 Å². The van der Waals surface area contributed by atoms with Crippen LogP contribution in [0.5, 0.6) is 0 Å². The molecule has 1 aliphatic carbocycles. The van der Waals surface area contributed by atoms with E-state index in [1.165, 1.54) is 24.7 Å². The number of nitrogens with one attached hydrogen (secondary N) is 1. The molecule has 3 rings (SSSR count). The van der Waals surface area contributed by atoms with Crippen LogP contribution in [0, 0.1) is 5.92 Å². The lowest BCUT2D eigenvalue weighted by Crippen LogP contribution is -2.23. The maximum Gasteiger partial charge on any atom is 0.251 e. The van der Waals surface area contributed by atoms with E-state index in [9.17, 15) is 9.59 Å². The highest BCUT2D eigenvalue weighted by molar-refractivity contribution is 7.16. The standard InChI is InChI=1S/C19H25N3O3S/c1-13(23)20-15-8-9-16-17(12-15)26-19(22(16)10-11-25-2)21-18(24)14-6-4-3-5-7-14/h8-9,12,14H,3-7,10-11H2,1-2H3,(H,20,23). The molecule has 0 aliphatic heterocycles. The number of hydrogen-bond acceptors (Lipinski definition) is 4. The Morgan fingerprint density at radius 3 is 2.77 bits per heavy atom. The number of fused-ring (bicyclic) bond motifs is 1. The summed E-state index contributed by atoms with van der Waals surface area (Å²) in [6, 6.07) is 5.75.